The number of fused-ring (bicyclic) bond motifs is 3. The van der Waals surface area contributed by atoms with Crippen LogP contribution in [-0.2, 0) is 0 Å². The van der Waals surface area contributed by atoms with Crippen LogP contribution in [0.15, 0.2) is 42.5 Å². The van der Waals surface area contributed by atoms with Gasteiger partial charge in [-0.05, 0) is 50.6 Å². The van der Waals surface area contributed by atoms with E-state index < -0.39 is 0 Å². The maximum atomic E-state index is 3.52. The zero-order valence-electron chi connectivity index (χ0n) is 12.8. The van der Waals surface area contributed by atoms with Crippen LogP contribution in [0.3, 0.4) is 0 Å². The third kappa shape index (κ3) is 2.22. The lowest BCUT2D eigenvalue weighted by Crippen LogP contribution is -2.56. The smallest absolute Gasteiger partial charge is 0.0450 e. The van der Waals surface area contributed by atoms with Crippen molar-refractivity contribution in [1.29, 1.82) is 0 Å². The lowest BCUT2D eigenvalue weighted by Gasteiger charge is -2.50. The molecule has 0 radical (unpaired) electrons. The Hall–Kier alpha value is -1.54. The summed E-state index contributed by atoms with van der Waals surface area (Å²) < 4.78 is 0. The van der Waals surface area contributed by atoms with E-state index in [0.717, 1.165) is 0 Å². The minimum absolute atomic E-state index is 0.700. The third-order valence-corrected chi connectivity index (χ3v) is 5.43. The zero-order chi connectivity index (χ0) is 14.2. The molecule has 0 aromatic heterocycles. The normalized spacial score (nSPS) is 28.8. The summed E-state index contributed by atoms with van der Waals surface area (Å²) in [6.07, 6.45) is 6.66. The fourth-order valence-electron chi connectivity index (χ4n) is 4.44. The van der Waals surface area contributed by atoms with E-state index >= 15 is 0 Å². The molecule has 2 unspecified atom stereocenters. The average molecular weight is 280 g/mol. The van der Waals surface area contributed by atoms with E-state index in [2.05, 4.69) is 59.7 Å². The molecule has 1 N–H and O–H groups in total. The largest absolute Gasteiger partial charge is 0.365 e. The van der Waals surface area contributed by atoms with Gasteiger partial charge < -0.3 is 10.2 Å². The Bertz CT molecular complexity index is 617. The highest BCUT2D eigenvalue weighted by atomic mass is 15.2. The predicted molar refractivity (Wildman–Crippen MR) is 89.9 cm³/mol. The molecule has 4 rings (SSSR count). The van der Waals surface area contributed by atoms with Crippen molar-refractivity contribution in [3.05, 3.63) is 42.5 Å². The average Bonchev–Trinajstić information content (AvgIpc) is 2.53. The first-order valence-corrected chi connectivity index (χ1v) is 8.30. The molecule has 2 aromatic carbocycles. The molecule has 2 aliphatic heterocycles. The summed E-state index contributed by atoms with van der Waals surface area (Å²) >= 11 is 0. The highest BCUT2D eigenvalue weighted by Gasteiger charge is 2.38. The lowest BCUT2D eigenvalue weighted by atomic mass is 9.81. The second-order valence-electron chi connectivity index (χ2n) is 6.60. The van der Waals surface area contributed by atoms with Crippen LogP contribution < -0.4 is 10.2 Å². The van der Waals surface area contributed by atoms with Crippen molar-refractivity contribution in [2.75, 3.05) is 11.9 Å². The first-order valence-electron chi connectivity index (χ1n) is 8.30. The molecule has 2 nitrogen and oxygen atoms in total. The van der Waals surface area contributed by atoms with Crippen molar-refractivity contribution < 1.29 is 0 Å². The summed E-state index contributed by atoms with van der Waals surface area (Å²) in [6, 6.07) is 17.7. The van der Waals surface area contributed by atoms with Crippen LogP contribution in [0.2, 0.25) is 0 Å². The van der Waals surface area contributed by atoms with E-state index in [1.807, 2.05) is 0 Å². The molecule has 0 spiro atoms. The zero-order valence-corrected chi connectivity index (χ0v) is 12.8. The molecule has 0 amide bonds. The van der Waals surface area contributed by atoms with E-state index in [-0.39, 0.29) is 0 Å². The number of piperidine rings is 2. The van der Waals surface area contributed by atoms with Crippen LogP contribution >= 0.6 is 0 Å². The molecule has 0 saturated carbocycles. The van der Waals surface area contributed by atoms with E-state index in [0.29, 0.717) is 18.1 Å². The van der Waals surface area contributed by atoms with Gasteiger partial charge in [0.05, 0.1) is 0 Å². The fraction of sp³-hybridized carbons (Fsp3) is 0.474. The first-order chi connectivity index (χ1) is 10.4. The summed E-state index contributed by atoms with van der Waals surface area (Å²) in [5.74, 6) is 0. The van der Waals surface area contributed by atoms with Crippen LogP contribution in [0.1, 0.15) is 32.1 Å². The quantitative estimate of drug-likeness (QED) is 0.896. The van der Waals surface area contributed by atoms with Gasteiger partial charge in [0.15, 0.2) is 0 Å². The highest BCUT2D eigenvalue weighted by Crippen LogP contribution is 2.40. The Morgan fingerprint density at radius 2 is 1.67 bits per heavy atom. The van der Waals surface area contributed by atoms with E-state index in [4.69, 9.17) is 0 Å². The molecule has 110 valence electrons. The highest BCUT2D eigenvalue weighted by molar-refractivity contribution is 5.94. The SMILES string of the molecule is CNC1CC2CCCC(C1)N2c1cccc2ccccc12. The van der Waals surface area contributed by atoms with Crippen molar-refractivity contribution in [1.82, 2.24) is 5.32 Å². The van der Waals surface area contributed by atoms with Crippen molar-refractivity contribution in [3.8, 4) is 0 Å². The van der Waals surface area contributed by atoms with Crippen molar-refractivity contribution in [2.24, 2.45) is 0 Å². The molecule has 21 heavy (non-hydrogen) atoms. The lowest BCUT2D eigenvalue weighted by molar-refractivity contribution is 0.253. The monoisotopic (exact) mass is 280 g/mol. The minimum atomic E-state index is 0.700. The molecule has 2 aromatic rings. The third-order valence-electron chi connectivity index (χ3n) is 5.43. The van der Waals surface area contributed by atoms with Crippen LogP contribution in [0, 0.1) is 0 Å². The second-order valence-corrected chi connectivity index (χ2v) is 6.60. The van der Waals surface area contributed by atoms with Gasteiger partial charge in [-0.15, -0.1) is 0 Å². The molecule has 2 bridgehead atoms. The van der Waals surface area contributed by atoms with Gasteiger partial charge in [0.1, 0.15) is 0 Å². The van der Waals surface area contributed by atoms with Gasteiger partial charge in [-0.2, -0.15) is 0 Å². The maximum absolute atomic E-state index is 3.52. The van der Waals surface area contributed by atoms with E-state index in [1.54, 1.807) is 0 Å². The molecule has 2 atom stereocenters. The summed E-state index contributed by atoms with van der Waals surface area (Å²) in [5, 5.41) is 6.30. The predicted octanol–water partition coefficient (Wildman–Crippen LogP) is 3.95. The van der Waals surface area contributed by atoms with Crippen molar-refractivity contribution >= 4 is 16.5 Å². The molecular formula is C19H24N2. The fourth-order valence-corrected chi connectivity index (χ4v) is 4.44. The number of hydrogen-bond donors (Lipinski definition) is 1. The molecule has 2 heterocycles. The standard InChI is InChI=1S/C19H24N2/c1-20-15-12-16-8-5-9-17(13-15)21(16)19-11-4-7-14-6-2-3-10-18(14)19/h2-4,6-7,10-11,15-17,20H,5,8-9,12-13H2,1H3. The minimum Gasteiger partial charge on any atom is -0.365 e. The second kappa shape index (κ2) is 5.34. The molecular weight excluding hydrogens is 256 g/mol. The number of hydrogen-bond acceptors (Lipinski definition) is 2. The Balaban J connectivity index is 1.78. The Labute approximate surface area is 127 Å². The summed E-state index contributed by atoms with van der Waals surface area (Å²) in [6.45, 7) is 0. The molecule has 2 heteroatoms. The van der Waals surface area contributed by atoms with Gasteiger partial charge in [-0.25, -0.2) is 0 Å². The van der Waals surface area contributed by atoms with Crippen LogP contribution in [-0.4, -0.2) is 25.2 Å². The van der Waals surface area contributed by atoms with Gasteiger partial charge in [-0.3, -0.25) is 0 Å². The molecule has 2 saturated heterocycles. The number of benzene rings is 2. The van der Waals surface area contributed by atoms with Crippen LogP contribution in [0.5, 0.6) is 0 Å². The number of rotatable bonds is 2. The summed E-state index contributed by atoms with van der Waals surface area (Å²) in [5.41, 5.74) is 1.46. The van der Waals surface area contributed by atoms with Crippen molar-refractivity contribution in [3.63, 3.8) is 0 Å². The van der Waals surface area contributed by atoms with Gasteiger partial charge >= 0.3 is 0 Å². The number of nitrogens with zero attached hydrogens (tertiary/aromatic N) is 1. The van der Waals surface area contributed by atoms with Gasteiger partial charge in [-0.1, -0.05) is 36.4 Å². The van der Waals surface area contributed by atoms with Gasteiger partial charge in [0.2, 0.25) is 0 Å². The molecule has 2 aliphatic rings. The maximum Gasteiger partial charge on any atom is 0.0450 e. The summed E-state index contributed by atoms with van der Waals surface area (Å²) in [4.78, 5) is 2.75. The molecule has 2 fully saturated rings. The molecule has 0 aliphatic carbocycles. The Morgan fingerprint density at radius 1 is 0.952 bits per heavy atom. The van der Waals surface area contributed by atoms with Crippen LogP contribution in [0.4, 0.5) is 5.69 Å². The summed E-state index contributed by atoms with van der Waals surface area (Å²) in [7, 11) is 2.12. The van der Waals surface area contributed by atoms with Gasteiger partial charge in [0, 0.05) is 29.2 Å². The van der Waals surface area contributed by atoms with Crippen molar-refractivity contribution in [2.45, 2.75) is 50.2 Å². The van der Waals surface area contributed by atoms with E-state index in [1.165, 1.54) is 48.6 Å². The number of nitrogens with one attached hydrogen (secondary N) is 1. The number of anilines is 1. The topological polar surface area (TPSA) is 15.3 Å². The Morgan fingerprint density at radius 3 is 2.43 bits per heavy atom. The Kier molecular flexibility index (Phi) is 3.34. The van der Waals surface area contributed by atoms with Crippen LogP contribution in [0.25, 0.3) is 10.8 Å². The first kappa shape index (κ1) is 13.1. The van der Waals surface area contributed by atoms with E-state index in [9.17, 15) is 0 Å². The van der Waals surface area contributed by atoms with Gasteiger partial charge in [0.25, 0.3) is 0 Å².